The summed E-state index contributed by atoms with van der Waals surface area (Å²) >= 11 is 0. The van der Waals surface area contributed by atoms with Crippen LogP contribution in [0.15, 0.2) is 18.3 Å². The lowest BCUT2D eigenvalue weighted by Gasteiger charge is -2.35. The lowest BCUT2D eigenvalue weighted by molar-refractivity contribution is 0.0540. The van der Waals surface area contributed by atoms with Crippen molar-refractivity contribution in [2.45, 2.75) is 25.3 Å². The van der Waals surface area contributed by atoms with Gasteiger partial charge < -0.3 is 10.1 Å². The zero-order chi connectivity index (χ0) is 11.4. The molecular formula is C12H15N3O. The molecule has 1 fully saturated rings. The average molecular weight is 217 g/mol. The summed E-state index contributed by atoms with van der Waals surface area (Å²) in [7, 11) is 0. The third-order valence-corrected chi connectivity index (χ3v) is 2.76. The van der Waals surface area contributed by atoms with Crippen molar-refractivity contribution in [3.63, 3.8) is 0 Å². The highest BCUT2D eigenvalue weighted by Crippen LogP contribution is 2.23. The maximum absolute atomic E-state index is 8.77. The first kappa shape index (κ1) is 10.9. The third kappa shape index (κ3) is 2.50. The van der Waals surface area contributed by atoms with Crippen molar-refractivity contribution >= 4 is 5.69 Å². The molecule has 1 aromatic rings. The molecule has 1 atom stereocenters. The van der Waals surface area contributed by atoms with Gasteiger partial charge in [0, 0.05) is 18.5 Å². The van der Waals surface area contributed by atoms with Gasteiger partial charge in [-0.3, -0.25) is 0 Å². The number of rotatable bonds is 2. The second kappa shape index (κ2) is 4.50. The number of nitriles is 1. The first-order valence-electron chi connectivity index (χ1n) is 5.44. The number of aromatic nitrogens is 1. The van der Waals surface area contributed by atoms with Gasteiger partial charge in [-0.05, 0) is 31.9 Å². The Morgan fingerprint density at radius 2 is 2.50 bits per heavy atom. The molecule has 0 amide bonds. The molecule has 0 aliphatic carbocycles. The van der Waals surface area contributed by atoms with Gasteiger partial charge in [0.25, 0.3) is 0 Å². The van der Waals surface area contributed by atoms with Gasteiger partial charge in [-0.2, -0.15) is 5.26 Å². The Morgan fingerprint density at radius 3 is 3.19 bits per heavy atom. The van der Waals surface area contributed by atoms with Crippen LogP contribution in [0.3, 0.4) is 0 Å². The summed E-state index contributed by atoms with van der Waals surface area (Å²) in [6.45, 7) is 3.69. The van der Waals surface area contributed by atoms with E-state index < -0.39 is 0 Å². The lowest BCUT2D eigenvalue weighted by Crippen LogP contribution is -2.43. The summed E-state index contributed by atoms with van der Waals surface area (Å²) in [6.07, 6.45) is 3.80. The van der Waals surface area contributed by atoms with Crippen LogP contribution in [0.4, 0.5) is 5.69 Å². The zero-order valence-electron chi connectivity index (χ0n) is 9.36. The molecule has 1 N–H and O–H groups in total. The Labute approximate surface area is 95.3 Å². The molecule has 0 bridgehead atoms. The number of pyridine rings is 1. The molecule has 2 rings (SSSR count). The van der Waals surface area contributed by atoms with Crippen LogP contribution >= 0.6 is 0 Å². The van der Waals surface area contributed by atoms with E-state index in [1.165, 1.54) is 0 Å². The maximum atomic E-state index is 8.77. The van der Waals surface area contributed by atoms with Crippen molar-refractivity contribution in [1.29, 1.82) is 5.26 Å². The van der Waals surface area contributed by atoms with Gasteiger partial charge in [-0.15, -0.1) is 0 Å². The Bertz CT molecular complexity index is 405. The number of anilines is 1. The Balaban J connectivity index is 2.10. The molecule has 1 aromatic heterocycles. The summed E-state index contributed by atoms with van der Waals surface area (Å²) in [4.78, 5) is 3.94. The summed E-state index contributed by atoms with van der Waals surface area (Å²) in [6, 6.07) is 5.67. The Hall–Kier alpha value is -1.60. The molecule has 16 heavy (non-hydrogen) atoms. The van der Waals surface area contributed by atoms with Crippen molar-refractivity contribution in [1.82, 2.24) is 4.98 Å². The summed E-state index contributed by atoms with van der Waals surface area (Å²) in [5.41, 5.74) is 1.33. The van der Waals surface area contributed by atoms with Gasteiger partial charge in [-0.25, -0.2) is 4.98 Å². The lowest BCUT2D eigenvalue weighted by atomic mass is 9.94. The van der Waals surface area contributed by atoms with Crippen molar-refractivity contribution < 1.29 is 4.74 Å². The SMILES string of the molecule is CC1(Nc2ccnc(C#N)c2)CCCOC1. The van der Waals surface area contributed by atoms with Crippen molar-refractivity contribution in [2.75, 3.05) is 18.5 Å². The van der Waals surface area contributed by atoms with Crippen LogP contribution in [0.2, 0.25) is 0 Å². The summed E-state index contributed by atoms with van der Waals surface area (Å²) in [5.74, 6) is 0. The van der Waals surface area contributed by atoms with Gasteiger partial charge in [0.2, 0.25) is 0 Å². The first-order chi connectivity index (χ1) is 7.72. The van der Waals surface area contributed by atoms with E-state index >= 15 is 0 Å². The van der Waals surface area contributed by atoms with Crippen molar-refractivity contribution in [3.8, 4) is 6.07 Å². The number of nitrogens with one attached hydrogen (secondary N) is 1. The molecule has 1 aliphatic heterocycles. The van der Waals surface area contributed by atoms with Crippen LogP contribution in [-0.2, 0) is 4.74 Å². The topological polar surface area (TPSA) is 57.9 Å². The number of nitrogens with zero attached hydrogens (tertiary/aromatic N) is 2. The highest BCUT2D eigenvalue weighted by molar-refractivity contribution is 5.48. The molecule has 0 saturated carbocycles. The molecule has 4 nitrogen and oxygen atoms in total. The van der Waals surface area contributed by atoms with E-state index in [9.17, 15) is 0 Å². The van der Waals surface area contributed by atoms with E-state index in [2.05, 4.69) is 17.2 Å². The molecular weight excluding hydrogens is 202 g/mol. The van der Waals surface area contributed by atoms with Crippen LogP contribution in [0.1, 0.15) is 25.5 Å². The number of hydrogen-bond acceptors (Lipinski definition) is 4. The van der Waals surface area contributed by atoms with Gasteiger partial charge in [0.15, 0.2) is 0 Å². The summed E-state index contributed by atoms with van der Waals surface area (Å²) in [5, 5.41) is 12.2. The minimum Gasteiger partial charge on any atom is -0.379 e. The smallest absolute Gasteiger partial charge is 0.142 e. The monoisotopic (exact) mass is 217 g/mol. The van der Waals surface area contributed by atoms with E-state index in [-0.39, 0.29) is 5.54 Å². The maximum Gasteiger partial charge on any atom is 0.142 e. The molecule has 1 aliphatic rings. The van der Waals surface area contributed by atoms with Crippen molar-refractivity contribution in [3.05, 3.63) is 24.0 Å². The molecule has 4 heteroatoms. The Kier molecular flexibility index (Phi) is 3.07. The number of hydrogen-bond donors (Lipinski definition) is 1. The molecule has 1 saturated heterocycles. The standard InChI is InChI=1S/C12H15N3O/c1-12(4-2-6-16-9-12)15-10-3-5-14-11(7-10)8-13/h3,5,7H,2,4,6,9H2,1H3,(H,14,15). The predicted molar refractivity (Wildman–Crippen MR) is 61.0 cm³/mol. The molecule has 2 heterocycles. The second-order valence-corrected chi connectivity index (χ2v) is 4.38. The fraction of sp³-hybridized carbons (Fsp3) is 0.500. The van der Waals surface area contributed by atoms with E-state index in [0.717, 1.165) is 25.1 Å². The molecule has 1 unspecified atom stereocenters. The van der Waals surface area contributed by atoms with Crippen LogP contribution in [0.25, 0.3) is 0 Å². The van der Waals surface area contributed by atoms with Crippen LogP contribution < -0.4 is 5.32 Å². The quantitative estimate of drug-likeness (QED) is 0.822. The normalized spacial score (nSPS) is 24.8. The van der Waals surface area contributed by atoms with Gasteiger partial charge in [-0.1, -0.05) is 0 Å². The fourth-order valence-electron chi connectivity index (χ4n) is 1.95. The summed E-state index contributed by atoms with van der Waals surface area (Å²) < 4.78 is 5.47. The third-order valence-electron chi connectivity index (χ3n) is 2.76. The van der Waals surface area contributed by atoms with E-state index in [4.69, 9.17) is 10.00 Å². The second-order valence-electron chi connectivity index (χ2n) is 4.38. The average Bonchev–Trinajstić information content (AvgIpc) is 2.29. The zero-order valence-corrected chi connectivity index (χ0v) is 9.36. The minimum absolute atomic E-state index is 0.0354. The highest BCUT2D eigenvalue weighted by Gasteiger charge is 2.27. The molecule has 0 aromatic carbocycles. The van der Waals surface area contributed by atoms with Crippen LogP contribution in [-0.4, -0.2) is 23.7 Å². The van der Waals surface area contributed by atoms with Crippen molar-refractivity contribution in [2.24, 2.45) is 0 Å². The van der Waals surface area contributed by atoms with Gasteiger partial charge in [0.05, 0.1) is 12.1 Å². The molecule has 84 valence electrons. The van der Waals surface area contributed by atoms with Crippen LogP contribution in [0, 0.1) is 11.3 Å². The highest BCUT2D eigenvalue weighted by atomic mass is 16.5. The molecule has 0 spiro atoms. The van der Waals surface area contributed by atoms with E-state index in [0.29, 0.717) is 12.3 Å². The van der Waals surface area contributed by atoms with E-state index in [1.807, 2.05) is 12.1 Å². The van der Waals surface area contributed by atoms with E-state index in [1.54, 1.807) is 12.3 Å². The van der Waals surface area contributed by atoms with Gasteiger partial charge in [0.1, 0.15) is 11.8 Å². The minimum atomic E-state index is -0.0354. The fourth-order valence-corrected chi connectivity index (χ4v) is 1.95. The predicted octanol–water partition coefficient (Wildman–Crippen LogP) is 1.93. The van der Waals surface area contributed by atoms with Gasteiger partial charge >= 0.3 is 0 Å². The largest absolute Gasteiger partial charge is 0.379 e. The molecule has 0 radical (unpaired) electrons. The Morgan fingerprint density at radius 1 is 1.62 bits per heavy atom. The number of ether oxygens (including phenoxy) is 1. The first-order valence-corrected chi connectivity index (χ1v) is 5.44. The van der Waals surface area contributed by atoms with Crippen LogP contribution in [0.5, 0.6) is 0 Å².